The van der Waals surface area contributed by atoms with Crippen LogP contribution >= 0.6 is 0 Å². The van der Waals surface area contributed by atoms with Gasteiger partial charge in [-0.05, 0) is 61.8 Å². The van der Waals surface area contributed by atoms with E-state index in [0.717, 1.165) is 18.4 Å². The van der Waals surface area contributed by atoms with Gasteiger partial charge in [-0.2, -0.15) is 13.2 Å². The van der Waals surface area contributed by atoms with E-state index < -0.39 is 36.7 Å². The van der Waals surface area contributed by atoms with Crippen molar-refractivity contribution in [2.75, 3.05) is 20.3 Å². The molecular weight excluding hydrogens is 411 g/mol. The summed E-state index contributed by atoms with van der Waals surface area (Å²) in [6.45, 7) is -1.10. The molecule has 0 saturated heterocycles. The van der Waals surface area contributed by atoms with Crippen molar-refractivity contribution >= 4 is 11.7 Å². The number of amidine groups is 1. The maximum atomic E-state index is 12.3. The van der Waals surface area contributed by atoms with Crippen LogP contribution in [0.3, 0.4) is 0 Å². The number of nitrogens with two attached hydrogens (primary N) is 1. The van der Waals surface area contributed by atoms with Crippen molar-refractivity contribution in [2.24, 2.45) is 21.3 Å². The molecule has 1 atom stereocenters. The summed E-state index contributed by atoms with van der Waals surface area (Å²) in [5.41, 5.74) is 6.67. The molecule has 1 aromatic carbocycles. The van der Waals surface area contributed by atoms with Crippen LogP contribution in [0.5, 0.6) is 0 Å². The minimum absolute atomic E-state index is 0.115. The summed E-state index contributed by atoms with van der Waals surface area (Å²) >= 11 is 0. The van der Waals surface area contributed by atoms with E-state index >= 15 is 0 Å². The largest absolute Gasteiger partial charge is 0.462 e. The fraction of sp³-hybridized carbons (Fsp3) is 0.636. The molecule has 1 fully saturated rings. The van der Waals surface area contributed by atoms with Gasteiger partial charge in [0, 0.05) is 12.5 Å². The number of rotatable bonds is 5. The lowest BCUT2D eigenvalue weighted by Crippen LogP contribution is -2.46. The Kier molecular flexibility index (Phi) is 5.01. The molecule has 3 aliphatic rings. The summed E-state index contributed by atoms with van der Waals surface area (Å²) in [4.78, 5) is 9.47. The molecule has 2 N–H and O–H groups in total. The number of fused-ring (bicyclic) bond motifs is 3. The Bertz CT molecular complexity index is 975. The quantitative estimate of drug-likeness (QED) is 0.425. The second-order valence-electron chi connectivity index (χ2n) is 8.50. The molecule has 1 heterocycles. The van der Waals surface area contributed by atoms with Gasteiger partial charge in [0.05, 0.1) is 21.0 Å². The summed E-state index contributed by atoms with van der Waals surface area (Å²) in [5, 5.41) is 3.83. The molecule has 0 radical (unpaired) electrons. The first kappa shape index (κ1) is 19.4. The second kappa shape index (κ2) is 8.00. The van der Waals surface area contributed by atoms with E-state index in [4.69, 9.17) is 22.8 Å². The second-order valence-corrected chi connectivity index (χ2v) is 8.50. The first-order valence-corrected chi connectivity index (χ1v) is 10.4. The van der Waals surface area contributed by atoms with E-state index in [1.165, 1.54) is 0 Å². The van der Waals surface area contributed by atoms with Crippen LogP contribution in [0, 0.1) is 5.41 Å². The summed E-state index contributed by atoms with van der Waals surface area (Å²) < 4.78 is 65.5. The van der Waals surface area contributed by atoms with Crippen molar-refractivity contribution in [2.45, 2.75) is 63.3 Å². The Labute approximate surface area is 182 Å². The number of aliphatic imine (C=N–C) groups is 1. The molecule has 1 unspecified atom stereocenters. The maximum Gasteiger partial charge on any atom is 0.392 e. The third-order valence-electron chi connectivity index (χ3n) is 6.70. The first-order chi connectivity index (χ1) is 15.4. The van der Waals surface area contributed by atoms with Crippen LogP contribution < -0.4 is 5.73 Å². The zero-order valence-corrected chi connectivity index (χ0v) is 17.6. The summed E-state index contributed by atoms with van der Waals surface area (Å²) in [6.07, 6.45) is -1.72. The number of halogens is 3. The van der Waals surface area contributed by atoms with E-state index in [0.29, 0.717) is 36.1 Å². The van der Waals surface area contributed by atoms with Crippen molar-refractivity contribution in [3.63, 3.8) is 0 Å². The molecule has 9 heteroatoms. The average Bonchev–Trinajstić information content (AvgIpc) is 3.15. The van der Waals surface area contributed by atoms with Crippen molar-refractivity contribution in [3.8, 4) is 0 Å². The Morgan fingerprint density at radius 2 is 2.13 bits per heavy atom. The van der Waals surface area contributed by atoms with Gasteiger partial charge in [-0.25, -0.2) is 4.99 Å². The van der Waals surface area contributed by atoms with Gasteiger partial charge in [0.15, 0.2) is 0 Å². The lowest BCUT2D eigenvalue weighted by Gasteiger charge is -2.45. The highest BCUT2D eigenvalue weighted by Crippen LogP contribution is 2.61. The van der Waals surface area contributed by atoms with Crippen molar-refractivity contribution < 1.29 is 30.2 Å². The highest BCUT2D eigenvalue weighted by molar-refractivity contribution is 5.98. The van der Waals surface area contributed by atoms with Crippen LogP contribution in [0.15, 0.2) is 28.3 Å². The minimum Gasteiger partial charge on any atom is -0.462 e. The molecule has 4 rings (SSSR count). The van der Waals surface area contributed by atoms with E-state index in [-0.39, 0.29) is 12.1 Å². The normalized spacial score (nSPS) is 33.0. The minimum atomic E-state index is -4.31. The third kappa shape index (κ3) is 4.00. The van der Waals surface area contributed by atoms with E-state index in [1.807, 2.05) is 12.1 Å². The van der Waals surface area contributed by atoms with E-state index in [1.54, 1.807) is 20.1 Å². The molecule has 6 nitrogen and oxygen atoms in total. The Balaban J connectivity index is 1.70. The van der Waals surface area contributed by atoms with Crippen LogP contribution in [-0.2, 0) is 26.3 Å². The molecule has 0 amide bonds. The molecule has 31 heavy (non-hydrogen) atoms. The monoisotopic (exact) mass is 441 g/mol. The Hall–Kier alpha value is -2.29. The molecule has 2 spiro atoms. The SMILES string of the molecule is [2H]C1([2H])OC(N)=NC12c1cc(/C(C)=N/OCCC(F)(F)F)ccc1C[C@]21CC[C@@H](OC)CC1. The van der Waals surface area contributed by atoms with Crippen LogP contribution in [0.25, 0.3) is 0 Å². The predicted octanol–water partition coefficient (Wildman–Crippen LogP) is 4.05. The lowest BCUT2D eigenvalue weighted by molar-refractivity contribution is -0.145. The number of benzene rings is 1. The zero-order valence-electron chi connectivity index (χ0n) is 19.6. The van der Waals surface area contributed by atoms with Crippen LogP contribution in [0.4, 0.5) is 13.2 Å². The maximum absolute atomic E-state index is 12.3. The van der Waals surface area contributed by atoms with Crippen molar-refractivity contribution in [1.29, 1.82) is 0 Å². The summed E-state index contributed by atoms with van der Waals surface area (Å²) in [7, 11) is 1.68. The smallest absolute Gasteiger partial charge is 0.392 e. The van der Waals surface area contributed by atoms with Crippen molar-refractivity contribution in [1.82, 2.24) is 0 Å². The van der Waals surface area contributed by atoms with Gasteiger partial charge in [-0.15, -0.1) is 0 Å². The van der Waals surface area contributed by atoms with Gasteiger partial charge in [-0.3, -0.25) is 0 Å². The van der Waals surface area contributed by atoms with Crippen LogP contribution in [-0.4, -0.2) is 44.3 Å². The summed E-state index contributed by atoms with van der Waals surface area (Å²) in [5.74, 6) is 0. The Morgan fingerprint density at radius 3 is 2.74 bits per heavy atom. The van der Waals surface area contributed by atoms with Crippen molar-refractivity contribution in [3.05, 3.63) is 34.9 Å². The van der Waals surface area contributed by atoms with Gasteiger partial charge >= 0.3 is 6.18 Å². The molecule has 1 saturated carbocycles. The lowest BCUT2D eigenvalue weighted by atomic mass is 9.62. The highest BCUT2D eigenvalue weighted by atomic mass is 19.4. The molecule has 170 valence electrons. The number of oxime groups is 1. The number of alkyl halides is 3. The zero-order chi connectivity index (χ0) is 24.1. The highest BCUT2D eigenvalue weighted by Gasteiger charge is 2.61. The first-order valence-electron chi connectivity index (χ1n) is 11.4. The molecular formula is C22H28F3N3O3. The molecule has 0 aromatic heterocycles. The van der Waals surface area contributed by atoms with Gasteiger partial charge in [-0.1, -0.05) is 17.3 Å². The third-order valence-corrected chi connectivity index (χ3v) is 6.70. The molecule has 1 aliphatic heterocycles. The number of hydrogen-bond acceptors (Lipinski definition) is 6. The van der Waals surface area contributed by atoms with Crippen LogP contribution in [0.1, 0.15) is 58.5 Å². The number of ether oxygens (including phenoxy) is 2. The molecule has 1 aromatic rings. The average molecular weight is 441 g/mol. The number of nitrogens with zero attached hydrogens (tertiary/aromatic N) is 2. The molecule has 2 aliphatic carbocycles. The van der Waals surface area contributed by atoms with Gasteiger partial charge in [0.1, 0.15) is 18.7 Å². The fourth-order valence-corrected chi connectivity index (χ4v) is 5.02. The van der Waals surface area contributed by atoms with Gasteiger partial charge < -0.3 is 20.0 Å². The number of methoxy groups -OCH3 is 1. The fourth-order valence-electron chi connectivity index (χ4n) is 5.02. The number of hydrogen-bond donors (Lipinski definition) is 1. The predicted molar refractivity (Wildman–Crippen MR) is 110 cm³/mol. The topological polar surface area (TPSA) is 78.4 Å². The Morgan fingerprint density at radius 1 is 1.39 bits per heavy atom. The van der Waals surface area contributed by atoms with E-state index in [2.05, 4.69) is 10.1 Å². The van der Waals surface area contributed by atoms with E-state index in [9.17, 15) is 13.2 Å². The standard InChI is InChI=1S/C22H28F3N3O3/c1-14(28-31-10-9-22(23,24)25)15-3-4-16-12-20(7-5-17(29-2)6-8-20)21(18(16)11-15)13-30-19(26)27-21/h3-4,11,17H,5-10,12-13H2,1-2H3,(H2,26,27)/b28-14+/t17-,20-,21?/i13D2. The van der Waals surface area contributed by atoms with Gasteiger partial charge in [0.25, 0.3) is 6.02 Å². The molecule has 0 bridgehead atoms. The van der Waals surface area contributed by atoms with Gasteiger partial charge in [0.2, 0.25) is 0 Å². The van der Waals surface area contributed by atoms with Crippen LogP contribution in [0.2, 0.25) is 0 Å². The summed E-state index contributed by atoms with van der Waals surface area (Å²) in [6, 6.07) is 5.32.